The van der Waals surface area contributed by atoms with Gasteiger partial charge in [0.25, 0.3) is 5.91 Å². The number of amides is 2. The van der Waals surface area contributed by atoms with Crippen LogP contribution in [-0.2, 0) is 14.3 Å². The predicted octanol–water partition coefficient (Wildman–Crippen LogP) is -0.288. The summed E-state index contributed by atoms with van der Waals surface area (Å²) >= 11 is 0. The Bertz CT molecular complexity index is 513. The summed E-state index contributed by atoms with van der Waals surface area (Å²) in [6.45, 7) is 0.678. The summed E-state index contributed by atoms with van der Waals surface area (Å²) in [6, 6.07) is 0.551. The summed E-state index contributed by atoms with van der Waals surface area (Å²) in [5, 5.41) is 11.6. The number of hydrogen-bond donors (Lipinski definition) is 2. The van der Waals surface area contributed by atoms with Crippen LogP contribution in [0.4, 0.5) is 0 Å². The smallest absolute Gasteiger partial charge is 0.328 e. The Balaban J connectivity index is 1.81. The van der Waals surface area contributed by atoms with E-state index in [1.54, 1.807) is 0 Å². The van der Waals surface area contributed by atoms with Crippen LogP contribution in [0.3, 0.4) is 0 Å². The minimum Gasteiger partial charge on any atom is -0.480 e. The van der Waals surface area contributed by atoms with Crippen molar-refractivity contribution in [2.75, 3.05) is 26.3 Å². The highest BCUT2D eigenvalue weighted by atomic mass is 16.5. The average Bonchev–Trinajstić information content (AvgIpc) is 3.01. The zero-order valence-corrected chi connectivity index (χ0v) is 11.3. The number of furan rings is 1. The lowest BCUT2D eigenvalue weighted by Crippen LogP contribution is -2.53. The first-order chi connectivity index (χ1) is 10.1. The van der Waals surface area contributed by atoms with Crippen LogP contribution in [0.1, 0.15) is 16.8 Å². The van der Waals surface area contributed by atoms with Gasteiger partial charge in [0.2, 0.25) is 5.91 Å². The van der Waals surface area contributed by atoms with E-state index in [2.05, 4.69) is 5.32 Å². The number of aliphatic carboxylic acids is 1. The number of rotatable bonds is 5. The summed E-state index contributed by atoms with van der Waals surface area (Å²) in [6.07, 6.45) is 2.72. The second-order valence-corrected chi connectivity index (χ2v) is 4.53. The highest BCUT2D eigenvalue weighted by molar-refractivity contribution is 5.94. The van der Waals surface area contributed by atoms with Gasteiger partial charge in [0.1, 0.15) is 6.26 Å². The highest BCUT2D eigenvalue weighted by Crippen LogP contribution is 2.09. The molecule has 1 unspecified atom stereocenters. The maximum atomic E-state index is 12.0. The Kier molecular flexibility index (Phi) is 4.94. The van der Waals surface area contributed by atoms with Gasteiger partial charge in [-0.15, -0.1) is 0 Å². The summed E-state index contributed by atoms with van der Waals surface area (Å²) in [7, 11) is 0. The van der Waals surface area contributed by atoms with Crippen molar-refractivity contribution in [1.82, 2.24) is 10.2 Å². The van der Waals surface area contributed by atoms with Gasteiger partial charge in [0.05, 0.1) is 25.0 Å². The number of carboxylic acid groups (broad SMARTS) is 1. The number of carbonyl (C=O) groups is 3. The molecule has 21 heavy (non-hydrogen) atoms. The van der Waals surface area contributed by atoms with Crippen LogP contribution in [0, 0.1) is 0 Å². The van der Waals surface area contributed by atoms with Crippen molar-refractivity contribution < 1.29 is 28.6 Å². The predicted molar refractivity (Wildman–Crippen MR) is 69.6 cm³/mol. The first-order valence-electron chi connectivity index (χ1n) is 6.50. The molecule has 1 saturated heterocycles. The number of hydrogen-bond acceptors (Lipinski definition) is 5. The van der Waals surface area contributed by atoms with Crippen LogP contribution >= 0.6 is 0 Å². The molecule has 8 heteroatoms. The first-order valence-corrected chi connectivity index (χ1v) is 6.50. The molecule has 0 radical (unpaired) electrons. The Morgan fingerprint density at radius 1 is 1.43 bits per heavy atom. The number of ether oxygens (including phenoxy) is 1. The summed E-state index contributed by atoms with van der Waals surface area (Å²) in [4.78, 5) is 36.0. The molecule has 0 aromatic carbocycles. The van der Waals surface area contributed by atoms with Crippen molar-refractivity contribution in [2.45, 2.75) is 12.5 Å². The summed E-state index contributed by atoms with van der Waals surface area (Å²) in [5.74, 6) is -1.75. The molecule has 1 fully saturated rings. The third-order valence-corrected chi connectivity index (χ3v) is 3.14. The maximum Gasteiger partial charge on any atom is 0.328 e. The Morgan fingerprint density at radius 3 is 2.90 bits per heavy atom. The Labute approximate surface area is 120 Å². The van der Waals surface area contributed by atoms with Gasteiger partial charge < -0.3 is 24.5 Å². The fourth-order valence-electron chi connectivity index (χ4n) is 2.03. The molecule has 0 bridgehead atoms. The molecule has 114 valence electrons. The molecule has 1 aliphatic heterocycles. The van der Waals surface area contributed by atoms with Crippen molar-refractivity contribution in [1.29, 1.82) is 0 Å². The fourth-order valence-corrected chi connectivity index (χ4v) is 2.03. The van der Waals surface area contributed by atoms with E-state index in [0.29, 0.717) is 12.2 Å². The third-order valence-electron chi connectivity index (χ3n) is 3.14. The number of nitrogens with one attached hydrogen (secondary N) is 1. The number of morpholine rings is 1. The number of carboxylic acids is 1. The van der Waals surface area contributed by atoms with Gasteiger partial charge in [-0.05, 0) is 6.07 Å². The summed E-state index contributed by atoms with van der Waals surface area (Å²) in [5.41, 5.74) is 0.372. The monoisotopic (exact) mass is 296 g/mol. The van der Waals surface area contributed by atoms with E-state index >= 15 is 0 Å². The second kappa shape index (κ2) is 6.89. The standard InChI is InChI=1S/C13H16N2O6/c16-11(15-4-6-21-8-10(15)13(18)19)1-3-14-12(17)9-2-5-20-7-9/h2,5,7,10H,1,3-4,6,8H2,(H,14,17)(H,18,19). The van der Waals surface area contributed by atoms with Gasteiger partial charge in [-0.1, -0.05) is 0 Å². The molecule has 2 heterocycles. The maximum absolute atomic E-state index is 12.0. The van der Waals surface area contributed by atoms with Crippen LogP contribution in [-0.4, -0.2) is 60.1 Å². The van der Waals surface area contributed by atoms with Gasteiger partial charge in [-0.3, -0.25) is 9.59 Å². The van der Waals surface area contributed by atoms with E-state index in [4.69, 9.17) is 14.3 Å². The topological polar surface area (TPSA) is 109 Å². The van der Waals surface area contributed by atoms with Gasteiger partial charge in [0.15, 0.2) is 6.04 Å². The van der Waals surface area contributed by atoms with Gasteiger partial charge in [0, 0.05) is 19.5 Å². The average molecular weight is 296 g/mol. The lowest BCUT2D eigenvalue weighted by atomic mass is 10.2. The normalized spacial score (nSPS) is 18.3. The molecular weight excluding hydrogens is 280 g/mol. The number of carbonyl (C=O) groups excluding carboxylic acids is 2. The third kappa shape index (κ3) is 3.82. The summed E-state index contributed by atoms with van der Waals surface area (Å²) < 4.78 is 9.84. The molecule has 2 rings (SSSR count). The molecule has 1 aromatic heterocycles. The largest absolute Gasteiger partial charge is 0.480 e. The van der Waals surface area contributed by atoms with Crippen LogP contribution < -0.4 is 5.32 Å². The van der Waals surface area contributed by atoms with Crippen LogP contribution in [0.15, 0.2) is 23.0 Å². The van der Waals surface area contributed by atoms with Gasteiger partial charge in [-0.25, -0.2) is 4.79 Å². The van der Waals surface area contributed by atoms with Crippen molar-refractivity contribution in [3.8, 4) is 0 Å². The molecule has 1 aliphatic rings. The van der Waals surface area contributed by atoms with Gasteiger partial charge >= 0.3 is 5.97 Å². The van der Waals surface area contributed by atoms with E-state index in [0.717, 1.165) is 0 Å². The Morgan fingerprint density at radius 2 is 2.24 bits per heavy atom. The van der Waals surface area contributed by atoms with Crippen molar-refractivity contribution >= 4 is 17.8 Å². The van der Waals surface area contributed by atoms with Crippen molar-refractivity contribution in [3.63, 3.8) is 0 Å². The second-order valence-electron chi connectivity index (χ2n) is 4.53. The van der Waals surface area contributed by atoms with E-state index in [1.165, 1.54) is 23.5 Å². The van der Waals surface area contributed by atoms with Crippen LogP contribution in [0.2, 0.25) is 0 Å². The van der Waals surface area contributed by atoms with E-state index in [1.807, 2.05) is 0 Å². The lowest BCUT2D eigenvalue weighted by molar-refractivity contribution is -0.158. The molecule has 1 atom stereocenters. The van der Waals surface area contributed by atoms with E-state index in [9.17, 15) is 14.4 Å². The zero-order valence-electron chi connectivity index (χ0n) is 11.3. The minimum atomic E-state index is -1.09. The molecule has 8 nitrogen and oxygen atoms in total. The fraction of sp³-hybridized carbons (Fsp3) is 0.462. The van der Waals surface area contributed by atoms with E-state index < -0.39 is 12.0 Å². The molecule has 0 saturated carbocycles. The molecule has 1 aromatic rings. The number of nitrogens with zero attached hydrogens (tertiary/aromatic N) is 1. The van der Waals surface area contributed by atoms with Gasteiger partial charge in [-0.2, -0.15) is 0 Å². The molecule has 2 amide bonds. The molecule has 0 aliphatic carbocycles. The first kappa shape index (κ1) is 15.0. The van der Waals surface area contributed by atoms with Crippen LogP contribution in [0.5, 0.6) is 0 Å². The molecule has 0 spiro atoms. The zero-order chi connectivity index (χ0) is 15.2. The molecule has 2 N–H and O–H groups in total. The molecular formula is C13H16N2O6. The van der Waals surface area contributed by atoms with Crippen molar-refractivity contribution in [2.24, 2.45) is 0 Å². The highest BCUT2D eigenvalue weighted by Gasteiger charge is 2.32. The van der Waals surface area contributed by atoms with E-state index in [-0.39, 0.29) is 37.9 Å². The Hall–Kier alpha value is -2.35. The SMILES string of the molecule is O=C(NCCC(=O)N1CCOCC1C(=O)O)c1ccoc1. The quantitative estimate of drug-likeness (QED) is 0.773. The minimum absolute atomic E-state index is 0.0115. The van der Waals surface area contributed by atoms with Crippen LogP contribution in [0.25, 0.3) is 0 Å². The van der Waals surface area contributed by atoms with Crippen molar-refractivity contribution in [3.05, 3.63) is 24.2 Å². The lowest BCUT2D eigenvalue weighted by Gasteiger charge is -2.32.